The molecule has 0 saturated heterocycles. The van der Waals surface area contributed by atoms with Gasteiger partial charge < -0.3 is 10.1 Å². The average Bonchev–Trinajstić information content (AvgIpc) is 3.00. The average molecular weight is 306 g/mol. The molecule has 1 atom stereocenters. The molecule has 0 spiro atoms. The zero-order valence-electron chi connectivity index (χ0n) is 13.0. The fourth-order valence-electron chi connectivity index (χ4n) is 2.40. The van der Waals surface area contributed by atoms with Gasteiger partial charge >= 0.3 is 0 Å². The molecular weight excluding hydrogens is 284 g/mol. The topological polar surface area (TPSA) is 59.9 Å². The van der Waals surface area contributed by atoms with E-state index in [9.17, 15) is 0 Å². The number of nitrogens with zero attached hydrogens (tertiary/aromatic N) is 3. The standard InChI is InChI=1S/C15H22N4OS/c1-5-6-16-13(14-9-18-21-19-14)7-12-11(3)15(20-4)10(2)8-17-12/h8-9,13,16H,5-7H2,1-4H3. The molecule has 1 unspecified atom stereocenters. The SMILES string of the molecule is CCCNC(Cc1ncc(C)c(OC)c1C)c1cnsn1. The third kappa shape index (κ3) is 3.77. The van der Waals surface area contributed by atoms with E-state index in [-0.39, 0.29) is 6.04 Å². The monoisotopic (exact) mass is 306 g/mol. The van der Waals surface area contributed by atoms with E-state index in [1.165, 1.54) is 11.7 Å². The van der Waals surface area contributed by atoms with Crippen molar-refractivity contribution >= 4 is 11.7 Å². The second-order valence-electron chi connectivity index (χ2n) is 5.09. The molecule has 114 valence electrons. The Morgan fingerprint density at radius 2 is 2.14 bits per heavy atom. The van der Waals surface area contributed by atoms with Crippen LogP contribution in [0.2, 0.25) is 0 Å². The van der Waals surface area contributed by atoms with E-state index in [2.05, 4.69) is 32.9 Å². The summed E-state index contributed by atoms with van der Waals surface area (Å²) in [4.78, 5) is 4.58. The van der Waals surface area contributed by atoms with Crippen molar-refractivity contribution < 1.29 is 4.74 Å². The molecule has 5 nitrogen and oxygen atoms in total. The third-order valence-electron chi connectivity index (χ3n) is 3.52. The summed E-state index contributed by atoms with van der Waals surface area (Å²) in [5.41, 5.74) is 4.18. The van der Waals surface area contributed by atoms with Crippen LogP contribution in [-0.4, -0.2) is 27.4 Å². The summed E-state index contributed by atoms with van der Waals surface area (Å²) in [7, 11) is 1.70. The normalized spacial score (nSPS) is 12.4. The molecule has 6 heteroatoms. The molecule has 2 aromatic rings. The molecule has 1 N–H and O–H groups in total. The molecule has 0 bridgehead atoms. The summed E-state index contributed by atoms with van der Waals surface area (Å²) in [6.45, 7) is 7.18. The van der Waals surface area contributed by atoms with Gasteiger partial charge in [0.25, 0.3) is 0 Å². The Balaban J connectivity index is 2.24. The Kier molecular flexibility index (Phi) is 5.64. The van der Waals surface area contributed by atoms with E-state index in [0.717, 1.165) is 47.7 Å². The molecule has 0 aromatic carbocycles. The first-order valence-corrected chi connectivity index (χ1v) is 7.90. The van der Waals surface area contributed by atoms with Crippen LogP contribution < -0.4 is 10.1 Å². The molecule has 0 aliphatic rings. The van der Waals surface area contributed by atoms with E-state index in [0.29, 0.717) is 0 Å². The van der Waals surface area contributed by atoms with Gasteiger partial charge in [0.15, 0.2) is 0 Å². The van der Waals surface area contributed by atoms with Crippen molar-refractivity contribution in [2.45, 2.75) is 39.7 Å². The van der Waals surface area contributed by atoms with E-state index in [1.54, 1.807) is 7.11 Å². The van der Waals surface area contributed by atoms with Crippen molar-refractivity contribution in [2.24, 2.45) is 0 Å². The molecule has 2 heterocycles. The predicted molar refractivity (Wildman–Crippen MR) is 84.9 cm³/mol. The highest BCUT2D eigenvalue weighted by atomic mass is 32.1. The van der Waals surface area contributed by atoms with Crippen molar-refractivity contribution in [1.82, 2.24) is 19.0 Å². The van der Waals surface area contributed by atoms with Crippen molar-refractivity contribution in [3.8, 4) is 5.75 Å². The summed E-state index contributed by atoms with van der Waals surface area (Å²) in [6.07, 6.45) is 5.57. The van der Waals surface area contributed by atoms with Crippen LogP contribution in [0.15, 0.2) is 12.4 Å². The van der Waals surface area contributed by atoms with Crippen LogP contribution >= 0.6 is 11.7 Å². The van der Waals surface area contributed by atoms with Crippen molar-refractivity contribution in [3.05, 3.63) is 34.9 Å². The minimum absolute atomic E-state index is 0.141. The molecule has 0 amide bonds. The highest BCUT2D eigenvalue weighted by Crippen LogP contribution is 2.27. The lowest BCUT2D eigenvalue weighted by Gasteiger charge is -2.18. The van der Waals surface area contributed by atoms with Gasteiger partial charge in [-0.05, 0) is 26.8 Å². The Morgan fingerprint density at radius 3 is 2.76 bits per heavy atom. The number of hydrogen-bond donors (Lipinski definition) is 1. The van der Waals surface area contributed by atoms with Crippen molar-refractivity contribution in [1.29, 1.82) is 0 Å². The van der Waals surface area contributed by atoms with Gasteiger partial charge in [0.05, 0.1) is 36.8 Å². The number of aromatic nitrogens is 3. The molecule has 2 rings (SSSR count). The van der Waals surface area contributed by atoms with Crippen molar-refractivity contribution in [2.75, 3.05) is 13.7 Å². The van der Waals surface area contributed by atoms with Crippen LogP contribution in [0, 0.1) is 13.8 Å². The second-order valence-corrected chi connectivity index (χ2v) is 5.65. The van der Waals surface area contributed by atoms with Crippen LogP contribution in [0.1, 0.15) is 41.9 Å². The number of aryl methyl sites for hydroxylation is 1. The smallest absolute Gasteiger partial charge is 0.128 e. The maximum atomic E-state index is 5.48. The molecule has 0 fully saturated rings. The first kappa shape index (κ1) is 15.9. The minimum Gasteiger partial charge on any atom is -0.496 e. The number of methoxy groups -OCH3 is 1. The van der Waals surface area contributed by atoms with Gasteiger partial charge in [0.1, 0.15) is 5.75 Å². The Bertz CT molecular complexity index is 571. The van der Waals surface area contributed by atoms with Gasteiger partial charge in [-0.1, -0.05) is 6.92 Å². The largest absolute Gasteiger partial charge is 0.496 e. The van der Waals surface area contributed by atoms with Gasteiger partial charge in [0.2, 0.25) is 0 Å². The predicted octanol–water partition coefficient (Wildman–Crippen LogP) is 2.84. The van der Waals surface area contributed by atoms with E-state index in [1.807, 2.05) is 19.3 Å². The fraction of sp³-hybridized carbons (Fsp3) is 0.533. The summed E-state index contributed by atoms with van der Waals surface area (Å²) in [5.74, 6) is 0.922. The van der Waals surface area contributed by atoms with Crippen LogP contribution in [0.3, 0.4) is 0 Å². The summed E-state index contributed by atoms with van der Waals surface area (Å²) >= 11 is 1.24. The molecule has 2 aromatic heterocycles. The van der Waals surface area contributed by atoms with Crippen LogP contribution in [0.5, 0.6) is 5.75 Å². The number of nitrogens with one attached hydrogen (secondary N) is 1. The van der Waals surface area contributed by atoms with Crippen LogP contribution in [-0.2, 0) is 6.42 Å². The van der Waals surface area contributed by atoms with Crippen LogP contribution in [0.25, 0.3) is 0 Å². The maximum absolute atomic E-state index is 5.48. The fourth-order valence-corrected chi connectivity index (χ4v) is 2.87. The number of pyridine rings is 1. The maximum Gasteiger partial charge on any atom is 0.128 e. The third-order valence-corrected chi connectivity index (χ3v) is 4.02. The summed E-state index contributed by atoms with van der Waals surface area (Å²) < 4.78 is 14.0. The molecule has 0 aliphatic carbocycles. The lowest BCUT2D eigenvalue weighted by Crippen LogP contribution is -2.25. The van der Waals surface area contributed by atoms with Gasteiger partial charge in [-0.2, -0.15) is 8.75 Å². The van der Waals surface area contributed by atoms with Gasteiger partial charge in [0, 0.05) is 29.4 Å². The quantitative estimate of drug-likeness (QED) is 0.852. The lowest BCUT2D eigenvalue weighted by atomic mass is 10.0. The number of rotatable bonds is 7. The summed E-state index contributed by atoms with van der Waals surface area (Å²) in [6, 6.07) is 0.141. The molecule has 0 radical (unpaired) electrons. The zero-order valence-corrected chi connectivity index (χ0v) is 13.8. The first-order chi connectivity index (χ1) is 10.2. The number of ether oxygens (including phenoxy) is 1. The van der Waals surface area contributed by atoms with E-state index < -0.39 is 0 Å². The molecule has 21 heavy (non-hydrogen) atoms. The summed E-state index contributed by atoms with van der Waals surface area (Å²) in [5, 5.41) is 3.52. The highest BCUT2D eigenvalue weighted by molar-refractivity contribution is 6.99. The van der Waals surface area contributed by atoms with Gasteiger partial charge in [-0.15, -0.1) is 0 Å². The van der Waals surface area contributed by atoms with Gasteiger partial charge in [-0.3, -0.25) is 4.98 Å². The molecule has 0 aliphatic heterocycles. The van der Waals surface area contributed by atoms with Crippen LogP contribution in [0.4, 0.5) is 0 Å². The lowest BCUT2D eigenvalue weighted by molar-refractivity contribution is 0.406. The molecular formula is C15H22N4OS. The second kappa shape index (κ2) is 7.47. The highest BCUT2D eigenvalue weighted by Gasteiger charge is 2.18. The molecule has 0 saturated carbocycles. The first-order valence-electron chi connectivity index (χ1n) is 7.17. The van der Waals surface area contributed by atoms with E-state index >= 15 is 0 Å². The Labute approximate surface area is 130 Å². The zero-order chi connectivity index (χ0) is 15.2. The number of hydrogen-bond acceptors (Lipinski definition) is 6. The Hall–Kier alpha value is -1.53. The van der Waals surface area contributed by atoms with Crippen molar-refractivity contribution in [3.63, 3.8) is 0 Å². The van der Waals surface area contributed by atoms with Gasteiger partial charge in [-0.25, -0.2) is 0 Å². The van der Waals surface area contributed by atoms with E-state index in [4.69, 9.17) is 4.74 Å². The Morgan fingerprint density at radius 1 is 1.33 bits per heavy atom. The minimum atomic E-state index is 0.141.